The van der Waals surface area contributed by atoms with Crippen molar-refractivity contribution in [1.29, 1.82) is 0 Å². The Labute approximate surface area is 181 Å². The zero-order chi connectivity index (χ0) is 22.3. The van der Waals surface area contributed by atoms with Crippen molar-refractivity contribution >= 4 is 11.9 Å². The predicted octanol–water partition coefficient (Wildman–Crippen LogP) is 5.22. The molecule has 0 aliphatic carbocycles. The molecule has 0 saturated heterocycles. The Morgan fingerprint density at radius 1 is 1.00 bits per heavy atom. The maximum atomic E-state index is 12.8. The van der Waals surface area contributed by atoms with Gasteiger partial charge >= 0.3 is 5.97 Å². The number of ether oxygens (including phenoxy) is 1. The average molecular weight is 409 g/mol. The van der Waals surface area contributed by atoms with Crippen molar-refractivity contribution in [2.45, 2.75) is 59.1 Å². The van der Waals surface area contributed by atoms with Gasteiger partial charge < -0.3 is 10.1 Å². The molecule has 3 atom stereocenters. The molecular formula is C26H34NO3. The second kappa shape index (κ2) is 10.4. The lowest BCUT2D eigenvalue weighted by Gasteiger charge is -2.28. The molecule has 2 aromatic rings. The van der Waals surface area contributed by atoms with E-state index < -0.39 is 23.5 Å². The predicted molar refractivity (Wildman–Crippen MR) is 122 cm³/mol. The van der Waals surface area contributed by atoms with Crippen LogP contribution in [-0.2, 0) is 20.7 Å². The summed E-state index contributed by atoms with van der Waals surface area (Å²) in [4.78, 5) is 25.3. The van der Waals surface area contributed by atoms with Gasteiger partial charge in [-0.15, -0.1) is 0 Å². The highest BCUT2D eigenvalue weighted by Gasteiger charge is 2.31. The molecule has 0 aliphatic rings. The molecule has 0 bridgehead atoms. The van der Waals surface area contributed by atoms with Crippen molar-refractivity contribution in [3.05, 3.63) is 67.1 Å². The Balaban J connectivity index is 2.02. The smallest absolute Gasteiger partial charge is 0.329 e. The summed E-state index contributed by atoms with van der Waals surface area (Å²) >= 11 is 0. The molecule has 0 aromatic heterocycles. The number of amides is 1. The monoisotopic (exact) mass is 408 g/mol. The number of carbonyl (C=O) groups is 2. The highest BCUT2D eigenvalue weighted by Crippen LogP contribution is 2.21. The maximum absolute atomic E-state index is 12.8. The number of nitrogens with one attached hydrogen (secondary N) is 1. The van der Waals surface area contributed by atoms with Gasteiger partial charge in [0.25, 0.3) is 0 Å². The fourth-order valence-electron chi connectivity index (χ4n) is 3.15. The van der Waals surface area contributed by atoms with Gasteiger partial charge in [0.05, 0.1) is 0 Å². The van der Waals surface area contributed by atoms with E-state index in [2.05, 4.69) is 36.5 Å². The van der Waals surface area contributed by atoms with Crippen LogP contribution in [-0.4, -0.2) is 23.5 Å². The lowest BCUT2D eigenvalue weighted by atomic mass is 9.95. The minimum Gasteiger partial charge on any atom is -0.458 e. The lowest BCUT2D eigenvalue weighted by molar-refractivity contribution is -0.160. The summed E-state index contributed by atoms with van der Waals surface area (Å²) in [7, 11) is 0. The largest absolute Gasteiger partial charge is 0.458 e. The molecule has 30 heavy (non-hydrogen) atoms. The van der Waals surface area contributed by atoms with E-state index in [9.17, 15) is 9.59 Å². The highest BCUT2D eigenvalue weighted by atomic mass is 16.6. The van der Waals surface area contributed by atoms with E-state index >= 15 is 0 Å². The lowest BCUT2D eigenvalue weighted by Crippen LogP contribution is -2.49. The quantitative estimate of drug-likeness (QED) is 0.609. The SMILES string of the molecule is [CH2][C@H](Cc1ccc(-c2ccccc2)cc1)C(=O)N[C@H](C(=O)OC(C)(C)C)[C@H](C)CC. The summed E-state index contributed by atoms with van der Waals surface area (Å²) in [6.45, 7) is 13.4. The molecule has 0 heterocycles. The Morgan fingerprint density at radius 3 is 2.10 bits per heavy atom. The fourth-order valence-corrected chi connectivity index (χ4v) is 3.15. The summed E-state index contributed by atoms with van der Waals surface area (Å²) < 4.78 is 5.50. The summed E-state index contributed by atoms with van der Waals surface area (Å²) in [5.74, 6) is -1.16. The number of benzene rings is 2. The third-order valence-electron chi connectivity index (χ3n) is 5.09. The van der Waals surface area contributed by atoms with E-state index in [1.165, 1.54) is 0 Å². The van der Waals surface area contributed by atoms with Crippen LogP contribution in [0.2, 0.25) is 0 Å². The zero-order valence-corrected chi connectivity index (χ0v) is 18.8. The van der Waals surface area contributed by atoms with Crippen LogP contribution >= 0.6 is 0 Å². The van der Waals surface area contributed by atoms with E-state index in [4.69, 9.17) is 4.74 Å². The molecule has 0 aliphatic heterocycles. The summed E-state index contributed by atoms with van der Waals surface area (Å²) in [6, 6.07) is 17.6. The third kappa shape index (κ3) is 7.01. The number of esters is 1. The van der Waals surface area contributed by atoms with Gasteiger partial charge in [0, 0.05) is 5.92 Å². The highest BCUT2D eigenvalue weighted by molar-refractivity contribution is 5.86. The van der Waals surface area contributed by atoms with E-state index in [1.807, 2.05) is 65.0 Å². The van der Waals surface area contributed by atoms with Crippen molar-refractivity contribution in [3.63, 3.8) is 0 Å². The van der Waals surface area contributed by atoms with Crippen molar-refractivity contribution in [1.82, 2.24) is 5.32 Å². The van der Waals surface area contributed by atoms with Crippen molar-refractivity contribution in [3.8, 4) is 11.1 Å². The van der Waals surface area contributed by atoms with Crippen molar-refractivity contribution in [2.75, 3.05) is 0 Å². The van der Waals surface area contributed by atoms with Crippen molar-refractivity contribution in [2.24, 2.45) is 11.8 Å². The Kier molecular flexibility index (Phi) is 8.22. The van der Waals surface area contributed by atoms with Crippen LogP contribution in [0.25, 0.3) is 11.1 Å². The standard InChI is InChI=1S/C26H34NO3/c1-7-18(2)23(25(29)30-26(4,5)6)27-24(28)19(3)17-20-13-15-22(16-14-20)21-11-9-8-10-12-21/h8-16,18-19,23H,3,7,17H2,1-2,4-6H3,(H,27,28)/t18-,19-,23+/m1/s1. The molecule has 4 heteroatoms. The van der Waals surface area contributed by atoms with Gasteiger partial charge in [-0.2, -0.15) is 0 Å². The minimum absolute atomic E-state index is 0.0267. The molecule has 1 N–H and O–H groups in total. The molecule has 0 saturated carbocycles. The molecule has 161 valence electrons. The van der Waals surface area contributed by atoms with Gasteiger partial charge in [0.2, 0.25) is 5.91 Å². The minimum atomic E-state index is -0.675. The van der Waals surface area contributed by atoms with E-state index in [-0.39, 0.29) is 11.8 Å². The third-order valence-corrected chi connectivity index (χ3v) is 5.09. The number of hydrogen-bond acceptors (Lipinski definition) is 3. The van der Waals surface area contributed by atoms with Gasteiger partial charge in [0.15, 0.2) is 0 Å². The van der Waals surface area contributed by atoms with Crippen LogP contribution in [0.3, 0.4) is 0 Å². The topological polar surface area (TPSA) is 55.4 Å². The van der Waals surface area contributed by atoms with E-state index in [1.54, 1.807) is 0 Å². The zero-order valence-electron chi connectivity index (χ0n) is 18.8. The Hall–Kier alpha value is -2.62. The van der Waals surface area contributed by atoms with Crippen LogP contribution in [0.4, 0.5) is 0 Å². The first kappa shape index (κ1) is 23.7. The second-order valence-corrected chi connectivity index (χ2v) is 8.87. The van der Waals surface area contributed by atoms with Crippen LogP contribution < -0.4 is 5.32 Å². The van der Waals surface area contributed by atoms with Crippen molar-refractivity contribution < 1.29 is 14.3 Å². The van der Waals surface area contributed by atoms with Crippen LogP contribution in [0.5, 0.6) is 0 Å². The average Bonchev–Trinajstić information content (AvgIpc) is 2.71. The summed E-state index contributed by atoms with van der Waals surface area (Å²) in [5, 5.41) is 2.87. The van der Waals surface area contributed by atoms with Gasteiger partial charge in [-0.1, -0.05) is 74.9 Å². The first-order chi connectivity index (χ1) is 14.1. The molecule has 1 amide bonds. The fraction of sp³-hybridized carbons (Fsp3) is 0.423. The first-order valence-corrected chi connectivity index (χ1v) is 10.6. The molecule has 2 aromatic carbocycles. The van der Waals surface area contributed by atoms with Crippen LogP contribution in [0, 0.1) is 18.8 Å². The molecule has 0 spiro atoms. The summed E-state index contributed by atoms with van der Waals surface area (Å²) in [6.07, 6.45) is 1.26. The molecular weight excluding hydrogens is 374 g/mol. The van der Waals surface area contributed by atoms with Gasteiger partial charge in [-0.25, -0.2) is 4.79 Å². The molecule has 2 rings (SSSR count). The number of hydrogen-bond donors (Lipinski definition) is 1. The van der Waals surface area contributed by atoms with Gasteiger partial charge in [-0.05, 0) is 56.7 Å². The maximum Gasteiger partial charge on any atom is 0.329 e. The molecule has 0 unspecified atom stereocenters. The van der Waals surface area contributed by atoms with Crippen LogP contribution in [0.1, 0.15) is 46.6 Å². The first-order valence-electron chi connectivity index (χ1n) is 10.6. The van der Waals surface area contributed by atoms with E-state index in [0.717, 1.165) is 23.1 Å². The Morgan fingerprint density at radius 2 is 1.57 bits per heavy atom. The normalized spacial score (nSPS) is 14.5. The number of carbonyl (C=O) groups excluding carboxylic acids is 2. The van der Waals surface area contributed by atoms with Gasteiger partial charge in [-0.3, -0.25) is 4.79 Å². The van der Waals surface area contributed by atoms with E-state index in [0.29, 0.717) is 6.42 Å². The van der Waals surface area contributed by atoms with Gasteiger partial charge in [0.1, 0.15) is 11.6 Å². The molecule has 0 fully saturated rings. The van der Waals surface area contributed by atoms with Crippen LogP contribution in [0.15, 0.2) is 54.6 Å². The molecule has 1 radical (unpaired) electrons. The Bertz CT molecular complexity index is 822. The molecule has 4 nitrogen and oxygen atoms in total. The summed E-state index contributed by atoms with van der Waals surface area (Å²) in [5.41, 5.74) is 2.72. The second-order valence-electron chi connectivity index (χ2n) is 8.87. The number of rotatable bonds is 8.